The average molecular weight is 294 g/mol. The smallest absolute Gasteiger partial charge is 0.272 e. The molecule has 0 radical (unpaired) electrons. The number of nitro groups is 1. The highest BCUT2D eigenvalue weighted by molar-refractivity contribution is 5.37. The Bertz CT molecular complexity index is 677. The number of nitrogens with zero attached hydrogens (tertiary/aromatic N) is 1. The van der Waals surface area contributed by atoms with Gasteiger partial charge in [0, 0.05) is 18.2 Å². The van der Waals surface area contributed by atoms with Crippen molar-refractivity contribution in [1.82, 2.24) is 0 Å². The van der Waals surface area contributed by atoms with Gasteiger partial charge in [0.15, 0.2) is 11.6 Å². The van der Waals surface area contributed by atoms with E-state index in [1.54, 1.807) is 6.07 Å². The molecule has 21 heavy (non-hydrogen) atoms. The molecular formula is C14H12F2N2O3. The number of nitro benzene ring substituents is 1. The van der Waals surface area contributed by atoms with E-state index in [2.05, 4.69) is 0 Å². The fraction of sp³-hybridized carbons (Fsp3) is 0.143. The zero-order chi connectivity index (χ0) is 15.4. The summed E-state index contributed by atoms with van der Waals surface area (Å²) in [7, 11) is 0. The monoisotopic (exact) mass is 294 g/mol. The second-order valence-electron chi connectivity index (χ2n) is 4.30. The minimum Gasteiger partial charge on any atom is -0.485 e. The number of hydrogen-bond donors (Lipinski definition) is 1. The van der Waals surface area contributed by atoms with Gasteiger partial charge < -0.3 is 10.5 Å². The number of para-hydroxylation sites is 1. The Labute approximate surface area is 119 Å². The van der Waals surface area contributed by atoms with Gasteiger partial charge >= 0.3 is 0 Å². The Morgan fingerprint density at radius 2 is 2.00 bits per heavy atom. The van der Waals surface area contributed by atoms with Crippen molar-refractivity contribution < 1.29 is 18.4 Å². The van der Waals surface area contributed by atoms with Crippen molar-refractivity contribution in [2.45, 2.75) is 13.2 Å². The first kappa shape index (κ1) is 14.9. The van der Waals surface area contributed by atoms with Crippen molar-refractivity contribution in [3.8, 4) is 5.75 Å². The summed E-state index contributed by atoms with van der Waals surface area (Å²) in [6.45, 7) is -0.122. The number of non-ortho nitro benzene ring substituents is 1. The lowest BCUT2D eigenvalue weighted by Crippen LogP contribution is -2.05. The summed E-state index contributed by atoms with van der Waals surface area (Å²) in [5.41, 5.74) is 5.78. The van der Waals surface area contributed by atoms with Gasteiger partial charge in [-0.05, 0) is 17.7 Å². The van der Waals surface area contributed by atoms with E-state index in [1.807, 2.05) is 0 Å². The molecule has 0 aliphatic rings. The number of hydrogen-bond acceptors (Lipinski definition) is 4. The van der Waals surface area contributed by atoms with Crippen LogP contribution in [0.15, 0.2) is 36.4 Å². The van der Waals surface area contributed by atoms with E-state index in [9.17, 15) is 18.9 Å². The molecule has 0 unspecified atom stereocenters. The van der Waals surface area contributed by atoms with E-state index >= 15 is 0 Å². The largest absolute Gasteiger partial charge is 0.485 e. The summed E-state index contributed by atoms with van der Waals surface area (Å²) in [4.78, 5) is 9.95. The molecular weight excluding hydrogens is 282 g/mol. The van der Waals surface area contributed by atoms with Crippen LogP contribution >= 0.6 is 0 Å². The number of ether oxygens (including phenoxy) is 1. The highest BCUT2D eigenvalue weighted by atomic mass is 19.1. The molecule has 0 amide bonds. The minimum absolute atomic E-state index is 0.0353. The van der Waals surface area contributed by atoms with E-state index in [0.29, 0.717) is 5.56 Å². The van der Waals surface area contributed by atoms with E-state index in [4.69, 9.17) is 10.5 Å². The van der Waals surface area contributed by atoms with Gasteiger partial charge in [-0.25, -0.2) is 8.78 Å². The van der Waals surface area contributed by atoms with Crippen LogP contribution in [-0.4, -0.2) is 4.92 Å². The van der Waals surface area contributed by atoms with Gasteiger partial charge in [0.1, 0.15) is 12.4 Å². The predicted molar refractivity (Wildman–Crippen MR) is 71.7 cm³/mol. The zero-order valence-electron chi connectivity index (χ0n) is 10.9. The molecule has 0 aromatic heterocycles. The van der Waals surface area contributed by atoms with Crippen LogP contribution in [0.5, 0.6) is 5.75 Å². The lowest BCUT2D eigenvalue weighted by atomic mass is 10.2. The lowest BCUT2D eigenvalue weighted by Gasteiger charge is -2.11. The van der Waals surface area contributed by atoms with Gasteiger partial charge in [0.25, 0.3) is 5.69 Å². The maximum Gasteiger partial charge on any atom is 0.272 e. The average Bonchev–Trinajstić information content (AvgIpc) is 2.45. The third-order valence-electron chi connectivity index (χ3n) is 2.80. The van der Waals surface area contributed by atoms with Crippen molar-refractivity contribution in [2.24, 2.45) is 5.73 Å². The van der Waals surface area contributed by atoms with Crippen molar-refractivity contribution in [1.29, 1.82) is 0 Å². The van der Waals surface area contributed by atoms with Crippen molar-refractivity contribution in [3.05, 3.63) is 69.3 Å². The molecule has 0 bridgehead atoms. The SMILES string of the molecule is NCc1cccc(F)c1OCc1cc(F)cc([N+](=O)[O-])c1. The van der Waals surface area contributed by atoms with Crippen LogP contribution in [0, 0.1) is 21.7 Å². The molecule has 7 heteroatoms. The van der Waals surface area contributed by atoms with E-state index in [1.165, 1.54) is 18.2 Å². The Kier molecular flexibility index (Phi) is 4.44. The third-order valence-corrected chi connectivity index (χ3v) is 2.80. The van der Waals surface area contributed by atoms with Crippen LogP contribution in [0.3, 0.4) is 0 Å². The summed E-state index contributed by atoms with van der Waals surface area (Å²) >= 11 is 0. The number of nitrogens with two attached hydrogens (primary N) is 1. The molecule has 0 saturated carbocycles. The van der Waals surface area contributed by atoms with Crippen LogP contribution in [0.4, 0.5) is 14.5 Å². The molecule has 0 aliphatic heterocycles. The summed E-state index contributed by atoms with van der Waals surface area (Å²) in [5, 5.41) is 10.7. The standard InChI is InChI=1S/C14H12F2N2O3/c15-11-4-9(5-12(6-11)18(19)20)8-21-14-10(7-17)2-1-3-13(14)16/h1-6H,7-8,17H2. The number of rotatable bonds is 5. The molecule has 0 fully saturated rings. The topological polar surface area (TPSA) is 78.4 Å². The van der Waals surface area contributed by atoms with E-state index < -0.39 is 16.6 Å². The molecule has 0 spiro atoms. The molecule has 2 N–H and O–H groups in total. The first-order valence-electron chi connectivity index (χ1n) is 6.05. The van der Waals surface area contributed by atoms with Gasteiger partial charge in [-0.3, -0.25) is 10.1 Å². The van der Waals surface area contributed by atoms with Crippen molar-refractivity contribution in [2.75, 3.05) is 0 Å². The Morgan fingerprint density at radius 3 is 2.67 bits per heavy atom. The molecule has 0 aliphatic carbocycles. The Balaban J connectivity index is 2.23. The fourth-order valence-electron chi connectivity index (χ4n) is 1.85. The first-order valence-corrected chi connectivity index (χ1v) is 6.05. The molecule has 0 saturated heterocycles. The maximum atomic E-state index is 13.7. The lowest BCUT2D eigenvalue weighted by molar-refractivity contribution is -0.385. The molecule has 5 nitrogen and oxygen atoms in total. The predicted octanol–water partition coefficient (Wildman–Crippen LogP) is 2.91. The quantitative estimate of drug-likeness (QED) is 0.679. The van der Waals surface area contributed by atoms with Crippen LogP contribution < -0.4 is 10.5 Å². The van der Waals surface area contributed by atoms with Gasteiger partial charge in [0.05, 0.1) is 11.0 Å². The summed E-state index contributed by atoms with van der Waals surface area (Å²) in [6, 6.07) is 7.38. The maximum absolute atomic E-state index is 13.7. The number of benzene rings is 2. The molecule has 0 atom stereocenters. The Hall–Kier alpha value is -2.54. The zero-order valence-corrected chi connectivity index (χ0v) is 10.9. The van der Waals surface area contributed by atoms with Crippen LogP contribution in [-0.2, 0) is 13.2 Å². The summed E-state index contributed by atoms with van der Waals surface area (Å²) in [6.07, 6.45) is 0. The second kappa shape index (κ2) is 6.27. The normalized spacial score (nSPS) is 10.4. The van der Waals surface area contributed by atoms with Crippen molar-refractivity contribution in [3.63, 3.8) is 0 Å². The molecule has 2 rings (SSSR count). The summed E-state index contributed by atoms with van der Waals surface area (Å²) in [5.74, 6) is -1.38. The van der Waals surface area contributed by atoms with Gasteiger partial charge in [-0.15, -0.1) is 0 Å². The third kappa shape index (κ3) is 3.51. The molecule has 2 aromatic rings. The fourth-order valence-corrected chi connectivity index (χ4v) is 1.85. The van der Waals surface area contributed by atoms with Gasteiger partial charge in [-0.2, -0.15) is 0 Å². The minimum atomic E-state index is -0.754. The van der Waals surface area contributed by atoms with E-state index in [0.717, 1.165) is 12.1 Å². The molecule has 2 aromatic carbocycles. The number of halogens is 2. The summed E-state index contributed by atoms with van der Waals surface area (Å²) < 4.78 is 32.2. The van der Waals surface area contributed by atoms with Gasteiger partial charge in [-0.1, -0.05) is 12.1 Å². The van der Waals surface area contributed by atoms with Gasteiger partial charge in [0.2, 0.25) is 0 Å². The molecule has 0 heterocycles. The van der Waals surface area contributed by atoms with Crippen LogP contribution in [0.25, 0.3) is 0 Å². The second-order valence-corrected chi connectivity index (χ2v) is 4.30. The van der Waals surface area contributed by atoms with Crippen LogP contribution in [0.2, 0.25) is 0 Å². The highest BCUT2D eigenvalue weighted by Crippen LogP contribution is 2.24. The Morgan fingerprint density at radius 1 is 1.24 bits per heavy atom. The highest BCUT2D eigenvalue weighted by Gasteiger charge is 2.12. The molecule has 110 valence electrons. The van der Waals surface area contributed by atoms with Crippen LogP contribution in [0.1, 0.15) is 11.1 Å². The van der Waals surface area contributed by atoms with E-state index in [-0.39, 0.29) is 30.2 Å². The van der Waals surface area contributed by atoms with Crippen molar-refractivity contribution >= 4 is 5.69 Å². The first-order chi connectivity index (χ1) is 10.0.